The Hall–Kier alpha value is -1.33. The average Bonchev–Trinajstić information content (AvgIpc) is 2.84. The molecule has 20 heavy (non-hydrogen) atoms. The number of benzene rings is 1. The zero-order chi connectivity index (χ0) is 14.1. The zero-order valence-corrected chi connectivity index (χ0v) is 13.2. The van der Waals surface area contributed by atoms with Gasteiger partial charge in [0.15, 0.2) is 0 Å². The van der Waals surface area contributed by atoms with E-state index in [1.165, 1.54) is 10.6 Å². The lowest BCUT2D eigenvalue weighted by Crippen LogP contribution is -2.28. The summed E-state index contributed by atoms with van der Waals surface area (Å²) in [7, 11) is 0. The number of nitrogens with zero attached hydrogens (tertiary/aromatic N) is 1. The molecule has 0 radical (unpaired) electrons. The molecule has 0 spiro atoms. The molecule has 2 heterocycles. The van der Waals surface area contributed by atoms with Gasteiger partial charge in [-0.2, -0.15) is 0 Å². The summed E-state index contributed by atoms with van der Waals surface area (Å²) in [5.41, 5.74) is 2.70. The highest BCUT2D eigenvalue weighted by Gasteiger charge is 2.19. The van der Waals surface area contributed by atoms with Crippen molar-refractivity contribution >= 4 is 38.9 Å². The predicted octanol–water partition coefficient (Wildman–Crippen LogP) is 4.16. The summed E-state index contributed by atoms with van der Waals surface area (Å²) in [5, 5.41) is 9.07. The number of aryl methyl sites for hydroxylation is 1. The number of hydrogen-bond donors (Lipinski definition) is 1. The molecule has 0 aliphatic carbocycles. The van der Waals surface area contributed by atoms with Crippen LogP contribution in [0, 0.1) is 0 Å². The third kappa shape index (κ3) is 2.74. The van der Waals surface area contributed by atoms with Crippen molar-refractivity contribution in [1.82, 2.24) is 0 Å². The Morgan fingerprint density at radius 2 is 2.20 bits per heavy atom. The summed E-state index contributed by atoms with van der Waals surface area (Å²) in [4.78, 5) is 14.7. The average molecular weight is 352 g/mol. The number of carboxylic acid groups (broad SMARTS) is 1. The Balaban J connectivity index is 1.88. The fourth-order valence-corrected chi connectivity index (χ4v) is 4.10. The van der Waals surface area contributed by atoms with Crippen LogP contribution in [0.15, 0.2) is 34.1 Å². The van der Waals surface area contributed by atoms with E-state index in [4.69, 9.17) is 5.11 Å². The maximum Gasteiger partial charge on any atom is 0.335 e. The van der Waals surface area contributed by atoms with Crippen LogP contribution in [0.1, 0.15) is 27.2 Å². The first kappa shape index (κ1) is 13.6. The van der Waals surface area contributed by atoms with Crippen molar-refractivity contribution < 1.29 is 9.90 Å². The molecule has 3 nitrogen and oxygen atoms in total. The smallest absolute Gasteiger partial charge is 0.335 e. The van der Waals surface area contributed by atoms with E-state index in [1.807, 2.05) is 12.1 Å². The van der Waals surface area contributed by atoms with Gasteiger partial charge in [0.2, 0.25) is 0 Å². The minimum atomic E-state index is -0.855. The van der Waals surface area contributed by atoms with Crippen LogP contribution in [0.25, 0.3) is 0 Å². The lowest BCUT2D eigenvalue weighted by atomic mass is 9.99. The van der Waals surface area contributed by atoms with Gasteiger partial charge < -0.3 is 10.0 Å². The maximum atomic E-state index is 11.0. The van der Waals surface area contributed by atoms with Gasteiger partial charge in [-0.15, -0.1) is 11.3 Å². The first-order chi connectivity index (χ1) is 9.63. The largest absolute Gasteiger partial charge is 0.478 e. The summed E-state index contributed by atoms with van der Waals surface area (Å²) in [6.07, 6.45) is 2.03. The van der Waals surface area contributed by atoms with Gasteiger partial charge in [0.05, 0.1) is 15.9 Å². The summed E-state index contributed by atoms with van der Waals surface area (Å²) in [6.45, 7) is 1.91. The van der Waals surface area contributed by atoms with Crippen LogP contribution in [0.2, 0.25) is 0 Å². The van der Waals surface area contributed by atoms with E-state index >= 15 is 0 Å². The number of aromatic carboxylic acids is 1. The normalized spacial score (nSPS) is 14.2. The minimum absolute atomic E-state index is 0.379. The Kier molecular flexibility index (Phi) is 3.81. The van der Waals surface area contributed by atoms with Crippen LogP contribution in [0.3, 0.4) is 0 Å². The molecule has 1 N–H and O–H groups in total. The van der Waals surface area contributed by atoms with E-state index < -0.39 is 5.97 Å². The Labute approximate surface area is 130 Å². The molecule has 1 aromatic heterocycles. The number of halogens is 1. The molecule has 0 bridgehead atoms. The van der Waals surface area contributed by atoms with Gasteiger partial charge in [0.25, 0.3) is 0 Å². The van der Waals surface area contributed by atoms with Crippen molar-refractivity contribution in [2.24, 2.45) is 0 Å². The van der Waals surface area contributed by atoms with Crippen LogP contribution < -0.4 is 4.90 Å². The fourth-order valence-electron chi connectivity index (χ4n) is 2.60. The van der Waals surface area contributed by atoms with Crippen LogP contribution in [-0.2, 0) is 13.0 Å². The Morgan fingerprint density at radius 1 is 1.35 bits per heavy atom. The molecule has 1 aliphatic heterocycles. The van der Waals surface area contributed by atoms with Crippen LogP contribution in [0.5, 0.6) is 0 Å². The standard InChI is InChI=1S/C15H14BrNO2S/c16-14-6-4-12(20-14)9-17-7-1-2-10-8-11(15(18)19)3-5-13(10)17/h3-6,8H,1-2,7,9H2,(H,18,19). The second kappa shape index (κ2) is 5.58. The van der Waals surface area contributed by atoms with Gasteiger partial charge in [0, 0.05) is 17.1 Å². The van der Waals surface area contributed by atoms with Crippen molar-refractivity contribution in [1.29, 1.82) is 0 Å². The third-order valence-corrected chi connectivity index (χ3v) is 5.13. The topological polar surface area (TPSA) is 40.5 Å². The molecular weight excluding hydrogens is 338 g/mol. The van der Waals surface area contributed by atoms with E-state index in [9.17, 15) is 4.79 Å². The summed E-state index contributed by atoms with van der Waals surface area (Å²) in [6, 6.07) is 9.66. The highest BCUT2D eigenvalue weighted by molar-refractivity contribution is 9.11. The van der Waals surface area contributed by atoms with Crippen LogP contribution in [-0.4, -0.2) is 17.6 Å². The molecular formula is C15H14BrNO2S. The van der Waals surface area contributed by atoms with Crippen molar-refractivity contribution in [3.05, 3.63) is 50.1 Å². The maximum absolute atomic E-state index is 11.0. The molecule has 1 aromatic carbocycles. The summed E-state index contributed by atoms with van der Waals surface area (Å²) >= 11 is 5.23. The molecule has 3 rings (SSSR count). The van der Waals surface area contributed by atoms with Gasteiger partial charge in [-0.1, -0.05) is 0 Å². The van der Waals surface area contributed by atoms with Crippen molar-refractivity contribution in [3.8, 4) is 0 Å². The quantitative estimate of drug-likeness (QED) is 0.902. The van der Waals surface area contributed by atoms with Crippen LogP contribution >= 0.6 is 27.3 Å². The van der Waals surface area contributed by atoms with E-state index in [0.29, 0.717) is 5.56 Å². The zero-order valence-electron chi connectivity index (χ0n) is 10.8. The second-order valence-electron chi connectivity index (χ2n) is 4.88. The van der Waals surface area contributed by atoms with E-state index in [1.54, 1.807) is 17.4 Å². The highest BCUT2D eigenvalue weighted by atomic mass is 79.9. The minimum Gasteiger partial charge on any atom is -0.478 e. The molecule has 0 fully saturated rings. The van der Waals surface area contributed by atoms with E-state index in [0.717, 1.165) is 35.3 Å². The van der Waals surface area contributed by atoms with Gasteiger partial charge >= 0.3 is 5.97 Å². The van der Waals surface area contributed by atoms with Crippen LogP contribution in [0.4, 0.5) is 5.69 Å². The number of thiophene rings is 1. The summed E-state index contributed by atoms with van der Waals surface area (Å²) in [5.74, 6) is -0.855. The van der Waals surface area contributed by atoms with Gasteiger partial charge in [-0.25, -0.2) is 4.79 Å². The lowest BCUT2D eigenvalue weighted by Gasteiger charge is -2.31. The second-order valence-corrected chi connectivity index (χ2v) is 7.43. The first-order valence-corrected chi connectivity index (χ1v) is 8.10. The number of anilines is 1. The van der Waals surface area contributed by atoms with E-state index in [2.05, 4.69) is 33.0 Å². The molecule has 0 saturated heterocycles. The predicted molar refractivity (Wildman–Crippen MR) is 84.8 cm³/mol. The summed E-state index contributed by atoms with van der Waals surface area (Å²) < 4.78 is 1.14. The number of carbonyl (C=O) groups is 1. The molecule has 2 aromatic rings. The number of fused-ring (bicyclic) bond motifs is 1. The molecule has 0 amide bonds. The molecule has 1 aliphatic rings. The molecule has 5 heteroatoms. The Bertz CT molecular complexity index is 653. The first-order valence-electron chi connectivity index (χ1n) is 6.49. The highest BCUT2D eigenvalue weighted by Crippen LogP contribution is 2.31. The number of carboxylic acids is 1. The fraction of sp³-hybridized carbons (Fsp3) is 0.267. The number of rotatable bonds is 3. The van der Waals surface area contributed by atoms with Crippen molar-refractivity contribution in [2.75, 3.05) is 11.4 Å². The molecule has 104 valence electrons. The molecule has 0 atom stereocenters. The third-order valence-electron chi connectivity index (χ3n) is 3.52. The van der Waals surface area contributed by atoms with Gasteiger partial charge in [-0.3, -0.25) is 0 Å². The molecule has 0 saturated carbocycles. The molecule has 0 unspecified atom stereocenters. The number of hydrogen-bond acceptors (Lipinski definition) is 3. The van der Waals surface area contributed by atoms with Gasteiger partial charge in [-0.05, 0) is 64.7 Å². The van der Waals surface area contributed by atoms with Crippen molar-refractivity contribution in [3.63, 3.8) is 0 Å². The Morgan fingerprint density at radius 3 is 2.90 bits per heavy atom. The SMILES string of the molecule is O=C(O)c1ccc2c(c1)CCCN2Cc1ccc(Br)s1. The van der Waals surface area contributed by atoms with Gasteiger partial charge in [0.1, 0.15) is 0 Å². The monoisotopic (exact) mass is 351 g/mol. The van der Waals surface area contributed by atoms with E-state index in [-0.39, 0.29) is 0 Å². The van der Waals surface area contributed by atoms with Crippen molar-refractivity contribution in [2.45, 2.75) is 19.4 Å². The lowest BCUT2D eigenvalue weighted by molar-refractivity contribution is 0.0697.